The first-order valence-electron chi connectivity index (χ1n) is 8.07. The van der Waals surface area contributed by atoms with E-state index in [0.717, 1.165) is 42.2 Å². The maximum absolute atomic E-state index is 6.49. The van der Waals surface area contributed by atoms with Gasteiger partial charge in [0.2, 0.25) is 0 Å². The van der Waals surface area contributed by atoms with Crippen LogP contribution in [0.2, 0.25) is 5.02 Å². The lowest BCUT2D eigenvalue weighted by molar-refractivity contribution is 0.483. The van der Waals surface area contributed by atoms with Crippen LogP contribution in [-0.2, 0) is 19.4 Å². The Morgan fingerprint density at radius 1 is 1.38 bits per heavy atom. The molecule has 1 aliphatic rings. The van der Waals surface area contributed by atoms with Gasteiger partial charge in [0.25, 0.3) is 0 Å². The van der Waals surface area contributed by atoms with Crippen molar-refractivity contribution in [3.63, 3.8) is 0 Å². The summed E-state index contributed by atoms with van der Waals surface area (Å²) < 4.78 is 2.01. The highest BCUT2D eigenvalue weighted by atomic mass is 35.5. The molecule has 5 heteroatoms. The number of allylic oxidation sites excluding steroid dienone is 1. The summed E-state index contributed by atoms with van der Waals surface area (Å²) in [6, 6.07) is 0.221. The molecule has 118 valence electrons. The van der Waals surface area contributed by atoms with Gasteiger partial charge < -0.3 is 0 Å². The average molecular weight is 311 g/mol. The van der Waals surface area contributed by atoms with Gasteiger partial charge in [0, 0.05) is 19.0 Å². The van der Waals surface area contributed by atoms with Crippen LogP contribution in [0.1, 0.15) is 57.3 Å². The molecule has 21 heavy (non-hydrogen) atoms. The number of rotatable bonds is 7. The molecule has 0 saturated heterocycles. The fraction of sp³-hybridized carbons (Fsp3) is 0.688. The molecule has 1 aromatic heterocycles. The van der Waals surface area contributed by atoms with Gasteiger partial charge >= 0.3 is 0 Å². The number of nitrogens with zero attached hydrogens (tertiary/aromatic N) is 2. The van der Waals surface area contributed by atoms with Gasteiger partial charge in [0.15, 0.2) is 0 Å². The third kappa shape index (κ3) is 4.09. The van der Waals surface area contributed by atoms with Crippen molar-refractivity contribution >= 4 is 11.6 Å². The summed E-state index contributed by atoms with van der Waals surface area (Å²) in [5, 5.41) is 5.40. The van der Waals surface area contributed by atoms with Crippen LogP contribution in [0.25, 0.3) is 0 Å². The van der Waals surface area contributed by atoms with Gasteiger partial charge in [-0.05, 0) is 45.4 Å². The molecule has 0 spiro atoms. The molecule has 1 unspecified atom stereocenters. The van der Waals surface area contributed by atoms with Crippen LogP contribution in [0.3, 0.4) is 0 Å². The first-order chi connectivity index (χ1) is 10.2. The first kappa shape index (κ1) is 16.5. The van der Waals surface area contributed by atoms with Crippen LogP contribution in [0, 0.1) is 0 Å². The van der Waals surface area contributed by atoms with E-state index in [2.05, 4.69) is 30.4 Å². The van der Waals surface area contributed by atoms with Crippen molar-refractivity contribution in [3.05, 3.63) is 28.1 Å². The highest BCUT2D eigenvalue weighted by Crippen LogP contribution is 2.26. The number of hydrazine groups is 1. The monoisotopic (exact) mass is 310 g/mol. The first-order valence-corrected chi connectivity index (χ1v) is 8.45. The van der Waals surface area contributed by atoms with Crippen LogP contribution in [0.15, 0.2) is 11.6 Å². The smallest absolute Gasteiger partial charge is 0.0850 e. The number of aryl methyl sites for hydroxylation is 2. The third-order valence-corrected chi connectivity index (χ3v) is 4.70. The standard InChI is InChI=1S/C16H27ClN4/c1-3-14-16(17)15(21(4-2)20-14)11-13(19-18)10-12-8-6-5-7-9-12/h8,13,19H,3-7,9-11,18H2,1-2H3. The minimum Gasteiger partial charge on any atom is -0.271 e. The van der Waals surface area contributed by atoms with Gasteiger partial charge in [-0.2, -0.15) is 5.10 Å². The Morgan fingerprint density at radius 3 is 2.76 bits per heavy atom. The lowest BCUT2D eigenvalue weighted by Gasteiger charge is -2.20. The number of aromatic nitrogens is 2. The van der Waals surface area contributed by atoms with E-state index in [0.29, 0.717) is 0 Å². The number of hydrogen-bond acceptors (Lipinski definition) is 3. The van der Waals surface area contributed by atoms with E-state index in [1.165, 1.54) is 31.3 Å². The largest absolute Gasteiger partial charge is 0.271 e. The molecule has 0 amide bonds. The lowest BCUT2D eigenvalue weighted by Crippen LogP contribution is -2.37. The van der Waals surface area contributed by atoms with Crippen LogP contribution in [0.5, 0.6) is 0 Å². The van der Waals surface area contributed by atoms with Gasteiger partial charge in [-0.15, -0.1) is 0 Å². The summed E-state index contributed by atoms with van der Waals surface area (Å²) >= 11 is 6.49. The summed E-state index contributed by atoms with van der Waals surface area (Å²) in [6.45, 7) is 5.03. The van der Waals surface area contributed by atoms with Gasteiger partial charge in [0.1, 0.15) is 0 Å². The van der Waals surface area contributed by atoms with E-state index in [4.69, 9.17) is 17.4 Å². The Hall–Kier alpha value is -0.840. The highest BCUT2D eigenvalue weighted by molar-refractivity contribution is 6.31. The summed E-state index contributed by atoms with van der Waals surface area (Å²) in [7, 11) is 0. The Labute approximate surface area is 132 Å². The van der Waals surface area contributed by atoms with E-state index < -0.39 is 0 Å². The SMILES string of the molecule is CCc1nn(CC)c(CC(CC2=CCCCC2)NN)c1Cl. The maximum Gasteiger partial charge on any atom is 0.0850 e. The van der Waals surface area contributed by atoms with Gasteiger partial charge in [0.05, 0.1) is 16.4 Å². The fourth-order valence-electron chi connectivity index (χ4n) is 3.04. The highest BCUT2D eigenvalue weighted by Gasteiger charge is 2.19. The zero-order valence-electron chi connectivity index (χ0n) is 13.2. The quantitative estimate of drug-likeness (QED) is 0.461. The molecule has 1 heterocycles. The molecule has 3 N–H and O–H groups in total. The molecule has 1 atom stereocenters. The minimum absolute atomic E-state index is 0.221. The van der Waals surface area contributed by atoms with E-state index in [9.17, 15) is 0 Å². The van der Waals surface area contributed by atoms with Crippen molar-refractivity contribution in [2.45, 2.75) is 71.4 Å². The Bertz CT molecular complexity index is 493. The fourth-order valence-corrected chi connectivity index (χ4v) is 3.39. The van der Waals surface area contributed by atoms with Gasteiger partial charge in [-0.25, -0.2) is 0 Å². The minimum atomic E-state index is 0.221. The van der Waals surface area contributed by atoms with E-state index in [1.54, 1.807) is 0 Å². The molecule has 2 rings (SSSR count). The molecule has 1 aromatic rings. The summed E-state index contributed by atoms with van der Waals surface area (Å²) in [5.41, 5.74) is 6.58. The van der Waals surface area contributed by atoms with Crippen LogP contribution >= 0.6 is 11.6 Å². The van der Waals surface area contributed by atoms with Crippen molar-refractivity contribution in [2.24, 2.45) is 5.84 Å². The Morgan fingerprint density at radius 2 is 2.19 bits per heavy atom. The van der Waals surface area contributed by atoms with E-state index in [1.807, 2.05) is 4.68 Å². The molecule has 0 bridgehead atoms. The number of nitrogens with two attached hydrogens (primary N) is 1. The molecule has 0 aromatic carbocycles. The van der Waals surface area contributed by atoms with Crippen molar-refractivity contribution in [1.29, 1.82) is 0 Å². The number of hydrogen-bond donors (Lipinski definition) is 2. The summed E-state index contributed by atoms with van der Waals surface area (Å²) in [5.74, 6) is 5.77. The lowest BCUT2D eigenvalue weighted by atomic mass is 9.93. The molecular weight excluding hydrogens is 284 g/mol. The second-order valence-corrected chi connectivity index (χ2v) is 6.13. The Kier molecular flexibility index (Phi) is 6.27. The number of halogens is 1. The van der Waals surface area contributed by atoms with Crippen molar-refractivity contribution in [2.75, 3.05) is 0 Å². The molecule has 0 aliphatic heterocycles. The van der Waals surface area contributed by atoms with Crippen molar-refractivity contribution < 1.29 is 0 Å². The van der Waals surface area contributed by atoms with Crippen LogP contribution in [-0.4, -0.2) is 15.8 Å². The predicted molar refractivity (Wildman–Crippen MR) is 88.3 cm³/mol. The molecule has 0 fully saturated rings. The average Bonchev–Trinajstić information content (AvgIpc) is 2.83. The molecular formula is C16H27ClN4. The second-order valence-electron chi connectivity index (χ2n) is 5.76. The summed E-state index contributed by atoms with van der Waals surface area (Å²) in [4.78, 5) is 0. The molecule has 4 nitrogen and oxygen atoms in total. The molecule has 0 saturated carbocycles. The van der Waals surface area contributed by atoms with Crippen LogP contribution in [0.4, 0.5) is 0 Å². The zero-order valence-corrected chi connectivity index (χ0v) is 13.9. The van der Waals surface area contributed by atoms with Crippen molar-refractivity contribution in [3.8, 4) is 0 Å². The molecule has 1 aliphatic carbocycles. The normalized spacial score (nSPS) is 16.9. The summed E-state index contributed by atoms with van der Waals surface area (Å²) in [6.07, 6.45) is 10.1. The number of nitrogens with one attached hydrogen (secondary N) is 1. The predicted octanol–water partition coefficient (Wildman–Crippen LogP) is 3.38. The van der Waals surface area contributed by atoms with E-state index in [-0.39, 0.29) is 6.04 Å². The zero-order chi connectivity index (χ0) is 15.2. The Balaban J connectivity index is 2.10. The second kappa shape index (κ2) is 7.97. The van der Waals surface area contributed by atoms with Crippen molar-refractivity contribution in [1.82, 2.24) is 15.2 Å². The maximum atomic E-state index is 6.49. The third-order valence-electron chi connectivity index (χ3n) is 4.26. The molecule has 0 radical (unpaired) electrons. The van der Waals surface area contributed by atoms with Gasteiger partial charge in [-0.3, -0.25) is 16.0 Å². The van der Waals surface area contributed by atoms with Gasteiger partial charge in [-0.1, -0.05) is 30.2 Å². The van der Waals surface area contributed by atoms with E-state index >= 15 is 0 Å². The van der Waals surface area contributed by atoms with Crippen LogP contribution < -0.4 is 11.3 Å². The topological polar surface area (TPSA) is 55.9 Å².